The SMILES string of the molecule is CSCCCCNS(=O)(=O)c1cccc(F)c1N. The summed E-state index contributed by atoms with van der Waals surface area (Å²) in [5, 5.41) is 0. The van der Waals surface area contributed by atoms with Gasteiger partial charge in [-0.25, -0.2) is 17.5 Å². The number of hydrogen-bond acceptors (Lipinski definition) is 4. The van der Waals surface area contributed by atoms with E-state index in [0.29, 0.717) is 6.54 Å². The highest BCUT2D eigenvalue weighted by molar-refractivity contribution is 7.98. The largest absolute Gasteiger partial charge is 0.395 e. The van der Waals surface area contributed by atoms with E-state index in [1.807, 2.05) is 6.26 Å². The summed E-state index contributed by atoms with van der Waals surface area (Å²) in [5.74, 6) is 0.268. The number of thioether (sulfide) groups is 1. The summed E-state index contributed by atoms with van der Waals surface area (Å²) in [6, 6.07) is 3.75. The first-order valence-electron chi connectivity index (χ1n) is 5.51. The van der Waals surface area contributed by atoms with E-state index < -0.39 is 15.8 Å². The predicted molar refractivity (Wildman–Crippen MR) is 73.6 cm³/mol. The normalized spacial score (nSPS) is 11.7. The molecule has 1 aromatic carbocycles. The summed E-state index contributed by atoms with van der Waals surface area (Å²) in [5.41, 5.74) is 5.08. The standard InChI is InChI=1S/C11H17FN2O2S2/c1-17-8-3-2-7-14-18(15,16)10-6-4-5-9(12)11(10)13/h4-6,14H,2-3,7-8,13H2,1H3. The van der Waals surface area contributed by atoms with Crippen LogP contribution >= 0.6 is 11.8 Å². The molecule has 0 aromatic heterocycles. The molecule has 1 aromatic rings. The van der Waals surface area contributed by atoms with E-state index in [4.69, 9.17) is 5.73 Å². The Hall–Kier alpha value is -0.790. The van der Waals surface area contributed by atoms with E-state index in [1.165, 1.54) is 12.1 Å². The van der Waals surface area contributed by atoms with E-state index in [1.54, 1.807) is 11.8 Å². The number of rotatable bonds is 7. The molecule has 0 radical (unpaired) electrons. The lowest BCUT2D eigenvalue weighted by molar-refractivity contribution is 0.576. The highest BCUT2D eigenvalue weighted by Crippen LogP contribution is 2.20. The maximum absolute atomic E-state index is 13.2. The molecule has 7 heteroatoms. The molecule has 0 fully saturated rings. The predicted octanol–water partition coefficient (Wildman–Crippen LogP) is 1.83. The number of sulfonamides is 1. The average Bonchev–Trinajstić information content (AvgIpc) is 2.32. The maximum Gasteiger partial charge on any atom is 0.242 e. The molecule has 0 amide bonds. The van der Waals surface area contributed by atoms with Crippen molar-refractivity contribution in [2.24, 2.45) is 0 Å². The van der Waals surface area contributed by atoms with Crippen molar-refractivity contribution in [3.63, 3.8) is 0 Å². The Bertz CT molecular complexity index is 492. The summed E-state index contributed by atoms with van der Waals surface area (Å²) >= 11 is 1.71. The Labute approximate surface area is 111 Å². The summed E-state index contributed by atoms with van der Waals surface area (Å²) in [7, 11) is -3.72. The first-order chi connectivity index (χ1) is 8.49. The van der Waals surface area contributed by atoms with Crippen LogP contribution in [0.4, 0.5) is 10.1 Å². The first-order valence-corrected chi connectivity index (χ1v) is 8.39. The molecule has 0 bridgehead atoms. The number of nitrogens with one attached hydrogen (secondary N) is 1. The number of hydrogen-bond donors (Lipinski definition) is 2. The van der Waals surface area contributed by atoms with Gasteiger partial charge in [-0.2, -0.15) is 11.8 Å². The van der Waals surface area contributed by atoms with E-state index in [-0.39, 0.29) is 10.6 Å². The second-order valence-electron chi connectivity index (χ2n) is 3.75. The van der Waals surface area contributed by atoms with Gasteiger partial charge in [-0.1, -0.05) is 6.07 Å². The zero-order valence-electron chi connectivity index (χ0n) is 10.1. The lowest BCUT2D eigenvalue weighted by Gasteiger charge is -2.09. The molecule has 0 heterocycles. The van der Waals surface area contributed by atoms with Gasteiger partial charge in [0.25, 0.3) is 0 Å². The van der Waals surface area contributed by atoms with Gasteiger partial charge in [0.05, 0.1) is 5.69 Å². The topological polar surface area (TPSA) is 72.2 Å². The average molecular weight is 292 g/mol. The van der Waals surface area contributed by atoms with Crippen LogP contribution in [-0.2, 0) is 10.0 Å². The van der Waals surface area contributed by atoms with E-state index in [2.05, 4.69) is 4.72 Å². The quantitative estimate of drug-likeness (QED) is 0.594. The summed E-state index contributed by atoms with van der Waals surface area (Å²) in [6.45, 7) is 0.332. The van der Waals surface area contributed by atoms with Crippen molar-refractivity contribution in [1.29, 1.82) is 0 Å². The van der Waals surface area contributed by atoms with Gasteiger partial charge in [0.15, 0.2) is 0 Å². The number of benzene rings is 1. The second-order valence-corrected chi connectivity index (χ2v) is 6.47. The Morgan fingerprint density at radius 1 is 1.39 bits per heavy atom. The first kappa shape index (κ1) is 15.3. The van der Waals surface area contributed by atoms with Crippen LogP contribution < -0.4 is 10.5 Å². The maximum atomic E-state index is 13.2. The van der Waals surface area contributed by atoms with E-state index in [0.717, 1.165) is 24.7 Å². The van der Waals surface area contributed by atoms with Crippen molar-refractivity contribution in [2.45, 2.75) is 17.7 Å². The number of nitrogen functional groups attached to an aromatic ring is 1. The molecule has 0 saturated heterocycles. The van der Waals surface area contributed by atoms with Crippen molar-refractivity contribution in [3.8, 4) is 0 Å². The molecular weight excluding hydrogens is 275 g/mol. The van der Waals surface area contributed by atoms with Crippen LogP contribution in [0.2, 0.25) is 0 Å². The minimum absolute atomic E-state index is 0.202. The van der Waals surface area contributed by atoms with Gasteiger partial charge in [-0.05, 0) is 37.0 Å². The fourth-order valence-corrected chi connectivity index (χ4v) is 3.11. The van der Waals surface area contributed by atoms with E-state index >= 15 is 0 Å². The summed E-state index contributed by atoms with van der Waals surface area (Å²) in [6.07, 6.45) is 3.68. The van der Waals surface area contributed by atoms with Crippen molar-refractivity contribution in [1.82, 2.24) is 4.72 Å². The van der Waals surface area contributed by atoms with Gasteiger partial charge in [0, 0.05) is 6.54 Å². The molecule has 18 heavy (non-hydrogen) atoms. The molecule has 4 nitrogen and oxygen atoms in total. The van der Waals surface area contributed by atoms with Gasteiger partial charge >= 0.3 is 0 Å². The number of anilines is 1. The summed E-state index contributed by atoms with van der Waals surface area (Å²) in [4.78, 5) is -0.202. The highest BCUT2D eigenvalue weighted by Gasteiger charge is 2.18. The van der Waals surface area contributed by atoms with Gasteiger partial charge in [0.2, 0.25) is 10.0 Å². The molecule has 1 rings (SSSR count). The number of nitrogens with two attached hydrogens (primary N) is 1. The highest BCUT2D eigenvalue weighted by atomic mass is 32.2. The smallest absolute Gasteiger partial charge is 0.242 e. The Balaban J connectivity index is 2.66. The van der Waals surface area contributed by atoms with Gasteiger partial charge in [-0.15, -0.1) is 0 Å². The number of unbranched alkanes of at least 4 members (excludes halogenated alkanes) is 1. The molecule has 3 N–H and O–H groups in total. The number of halogens is 1. The molecule has 0 unspecified atom stereocenters. The zero-order chi connectivity index (χ0) is 13.6. The van der Waals surface area contributed by atoms with Crippen LogP contribution in [0, 0.1) is 5.82 Å². The monoisotopic (exact) mass is 292 g/mol. The Kier molecular flexibility index (Phi) is 5.90. The van der Waals surface area contributed by atoms with Gasteiger partial charge < -0.3 is 5.73 Å². The molecule has 0 aliphatic heterocycles. The summed E-state index contributed by atoms with van der Waals surface area (Å²) < 4.78 is 39.3. The van der Waals surface area contributed by atoms with Crippen LogP contribution in [0.5, 0.6) is 0 Å². The molecule has 0 spiro atoms. The van der Waals surface area contributed by atoms with Crippen LogP contribution in [-0.4, -0.2) is 27.0 Å². The Morgan fingerprint density at radius 3 is 2.78 bits per heavy atom. The fourth-order valence-electron chi connectivity index (χ4n) is 1.41. The number of para-hydroxylation sites is 1. The van der Waals surface area contributed by atoms with Crippen LogP contribution in [0.1, 0.15) is 12.8 Å². The molecule has 0 aliphatic carbocycles. The van der Waals surface area contributed by atoms with Crippen molar-refractivity contribution in [3.05, 3.63) is 24.0 Å². The Morgan fingerprint density at radius 2 is 2.11 bits per heavy atom. The molecule has 0 aliphatic rings. The van der Waals surface area contributed by atoms with Crippen LogP contribution in [0.15, 0.2) is 23.1 Å². The van der Waals surface area contributed by atoms with Gasteiger partial charge in [0.1, 0.15) is 10.7 Å². The lowest BCUT2D eigenvalue weighted by Crippen LogP contribution is -2.26. The molecule has 102 valence electrons. The third-order valence-electron chi connectivity index (χ3n) is 2.37. The van der Waals surface area contributed by atoms with Gasteiger partial charge in [-0.3, -0.25) is 0 Å². The fraction of sp³-hybridized carbons (Fsp3) is 0.455. The van der Waals surface area contributed by atoms with Crippen molar-refractivity contribution in [2.75, 3.05) is 24.3 Å². The lowest BCUT2D eigenvalue weighted by atomic mass is 10.3. The molecule has 0 saturated carbocycles. The minimum Gasteiger partial charge on any atom is -0.395 e. The molecular formula is C11H17FN2O2S2. The third kappa shape index (κ3) is 4.15. The van der Waals surface area contributed by atoms with E-state index in [9.17, 15) is 12.8 Å². The molecule has 0 atom stereocenters. The van der Waals surface area contributed by atoms with Crippen molar-refractivity contribution >= 4 is 27.5 Å². The minimum atomic E-state index is -3.72. The second kappa shape index (κ2) is 6.96. The third-order valence-corrected chi connectivity index (χ3v) is 4.59. The van der Waals surface area contributed by atoms with Crippen molar-refractivity contribution < 1.29 is 12.8 Å². The zero-order valence-corrected chi connectivity index (χ0v) is 11.8. The van der Waals surface area contributed by atoms with Crippen LogP contribution in [0.3, 0.4) is 0 Å². The van der Waals surface area contributed by atoms with Crippen LogP contribution in [0.25, 0.3) is 0 Å².